The zero-order chi connectivity index (χ0) is 16.8. The van der Waals surface area contributed by atoms with Crippen LogP contribution in [-0.2, 0) is 11.2 Å². The predicted molar refractivity (Wildman–Crippen MR) is 93.2 cm³/mol. The Morgan fingerprint density at radius 3 is 2.83 bits per heavy atom. The molecule has 1 aromatic carbocycles. The molecule has 3 N–H and O–H groups in total. The van der Waals surface area contributed by atoms with Gasteiger partial charge in [0.05, 0.1) is 6.20 Å². The van der Waals surface area contributed by atoms with Gasteiger partial charge in [0.25, 0.3) is 0 Å². The molecule has 0 bridgehead atoms. The summed E-state index contributed by atoms with van der Waals surface area (Å²) >= 11 is 0. The first-order valence-electron chi connectivity index (χ1n) is 8.76. The summed E-state index contributed by atoms with van der Waals surface area (Å²) in [6.45, 7) is 0.644. The highest BCUT2D eigenvalue weighted by Crippen LogP contribution is 2.24. The number of amides is 1. The lowest BCUT2D eigenvalue weighted by Gasteiger charge is -2.31. The lowest BCUT2D eigenvalue weighted by atomic mass is 9.84. The lowest BCUT2D eigenvalue weighted by molar-refractivity contribution is -0.122. The van der Waals surface area contributed by atoms with Gasteiger partial charge in [0.2, 0.25) is 5.91 Å². The summed E-state index contributed by atoms with van der Waals surface area (Å²) in [6, 6.07) is 10.1. The average molecular weight is 327 g/mol. The Morgan fingerprint density at radius 1 is 1.25 bits per heavy atom. The Hall–Kier alpha value is -2.14. The van der Waals surface area contributed by atoms with Crippen molar-refractivity contribution in [3.63, 3.8) is 0 Å². The Bertz CT molecular complexity index is 654. The molecule has 2 aromatic rings. The van der Waals surface area contributed by atoms with E-state index in [2.05, 4.69) is 10.3 Å². The number of aryl methyl sites for hydroxylation is 1. The molecule has 1 aliphatic carbocycles. The van der Waals surface area contributed by atoms with Crippen LogP contribution in [0.25, 0.3) is 11.3 Å². The van der Waals surface area contributed by atoms with E-state index in [0.717, 1.165) is 24.2 Å². The summed E-state index contributed by atoms with van der Waals surface area (Å²) in [6.07, 6.45) is 7.15. The molecule has 0 radical (unpaired) electrons. The van der Waals surface area contributed by atoms with Gasteiger partial charge < -0.3 is 15.5 Å². The average Bonchev–Trinajstić information content (AvgIpc) is 3.10. The van der Waals surface area contributed by atoms with Crippen molar-refractivity contribution in [1.29, 1.82) is 0 Å². The summed E-state index contributed by atoms with van der Waals surface area (Å²) in [4.78, 5) is 16.5. The summed E-state index contributed by atoms with van der Waals surface area (Å²) in [5.74, 6) is 1.80. The maximum absolute atomic E-state index is 12.2. The molecule has 1 fully saturated rings. The normalized spacial score (nSPS) is 20.7. The molecular weight excluding hydrogens is 302 g/mol. The number of benzene rings is 1. The van der Waals surface area contributed by atoms with Gasteiger partial charge in [-0.1, -0.05) is 43.2 Å². The molecule has 1 saturated carbocycles. The number of carbonyl (C=O) groups excluding carboxylic acids is 1. The number of aromatic nitrogens is 1. The summed E-state index contributed by atoms with van der Waals surface area (Å²) in [7, 11) is 0. The van der Waals surface area contributed by atoms with Crippen LogP contribution in [0.15, 0.2) is 40.9 Å². The van der Waals surface area contributed by atoms with Crippen molar-refractivity contribution in [2.75, 3.05) is 6.54 Å². The Kier molecular flexibility index (Phi) is 5.64. The number of carbonyl (C=O) groups is 1. The van der Waals surface area contributed by atoms with Crippen molar-refractivity contribution in [2.45, 2.75) is 44.6 Å². The van der Waals surface area contributed by atoms with Crippen molar-refractivity contribution < 1.29 is 9.21 Å². The van der Waals surface area contributed by atoms with Gasteiger partial charge in [0, 0.05) is 24.4 Å². The number of hydrogen-bond donors (Lipinski definition) is 2. The van der Waals surface area contributed by atoms with Gasteiger partial charge in [0.15, 0.2) is 11.7 Å². The van der Waals surface area contributed by atoms with Crippen molar-refractivity contribution >= 4 is 5.91 Å². The molecule has 1 aromatic heterocycles. The monoisotopic (exact) mass is 327 g/mol. The third kappa shape index (κ3) is 4.23. The van der Waals surface area contributed by atoms with Crippen LogP contribution in [-0.4, -0.2) is 23.5 Å². The molecular formula is C19H25N3O2. The summed E-state index contributed by atoms with van der Waals surface area (Å²) < 4.78 is 5.74. The minimum Gasteiger partial charge on any atom is -0.441 e. The molecule has 5 heteroatoms. The Morgan fingerprint density at radius 2 is 2.04 bits per heavy atom. The number of nitrogens with one attached hydrogen (secondary N) is 1. The largest absolute Gasteiger partial charge is 0.441 e. The first-order valence-corrected chi connectivity index (χ1v) is 8.76. The number of nitrogens with zero attached hydrogens (tertiary/aromatic N) is 1. The van der Waals surface area contributed by atoms with Gasteiger partial charge in [-0.05, 0) is 25.3 Å². The molecule has 1 aliphatic rings. The lowest BCUT2D eigenvalue weighted by Crippen LogP contribution is -2.44. The zero-order valence-corrected chi connectivity index (χ0v) is 13.9. The molecule has 1 amide bonds. The molecule has 1 heterocycles. The van der Waals surface area contributed by atoms with Crippen molar-refractivity contribution in [3.8, 4) is 11.3 Å². The van der Waals surface area contributed by atoms with E-state index in [1.54, 1.807) is 6.20 Å². The number of hydrogen-bond acceptors (Lipinski definition) is 4. The van der Waals surface area contributed by atoms with E-state index in [-0.39, 0.29) is 11.9 Å². The maximum Gasteiger partial charge on any atom is 0.220 e. The maximum atomic E-state index is 12.2. The summed E-state index contributed by atoms with van der Waals surface area (Å²) in [5.41, 5.74) is 6.81. The van der Waals surface area contributed by atoms with Crippen LogP contribution in [0, 0.1) is 5.92 Å². The molecule has 0 aliphatic heterocycles. The van der Waals surface area contributed by atoms with Crippen LogP contribution in [0.4, 0.5) is 0 Å². The fourth-order valence-electron chi connectivity index (χ4n) is 3.34. The number of rotatable bonds is 6. The van der Waals surface area contributed by atoms with Crippen LogP contribution in [0.5, 0.6) is 0 Å². The standard InChI is InChI=1S/C19H25N3O2/c20-12-15-8-4-5-9-16(15)22-18(23)10-11-19-21-13-17(24-19)14-6-2-1-3-7-14/h1-3,6-7,13,15-16H,4-5,8-12,20H2,(H,22,23). The minimum absolute atomic E-state index is 0.0554. The number of nitrogens with two attached hydrogens (primary N) is 1. The molecule has 0 saturated heterocycles. The third-order valence-electron chi connectivity index (χ3n) is 4.74. The second kappa shape index (κ2) is 8.11. The topological polar surface area (TPSA) is 81.1 Å². The van der Waals surface area contributed by atoms with Gasteiger partial charge in [0.1, 0.15) is 0 Å². The SMILES string of the molecule is NCC1CCCCC1NC(=O)CCc1ncc(-c2ccccc2)o1. The second-order valence-electron chi connectivity index (χ2n) is 6.44. The molecule has 24 heavy (non-hydrogen) atoms. The fourth-order valence-corrected chi connectivity index (χ4v) is 3.34. The van der Waals surface area contributed by atoms with E-state index in [0.29, 0.717) is 31.2 Å². The van der Waals surface area contributed by atoms with Gasteiger partial charge in [-0.15, -0.1) is 0 Å². The Balaban J connectivity index is 1.50. The highest BCUT2D eigenvalue weighted by molar-refractivity contribution is 5.76. The molecule has 3 rings (SSSR count). The highest BCUT2D eigenvalue weighted by Gasteiger charge is 2.25. The van der Waals surface area contributed by atoms with Crippen LogP contribution in [0.1, 0.15) is 38.0 Å². The van der Waals surface area contributed by atoms with Gasteiger partial charge >= 0.3 is 0 Å². The summed E-state index contributed by atoms with van der Waals surface area (Å²) in [5, 5.41) is 3.14. The highest BCUT2D eigenvalue weighted by atomic mass is 16.4. The van der Waals surface area contributed by atoms with Crippen LogP contribution >= 0.6 is 0 Å². The molecule has 128 valence electrons. The molecule has 0 spiro atoms. The van der Waals surface area contributed by atoms with Crippen molar-refractivity contribution in [1.82, 2.24) is 10.3 Å². The number of oxazole rings is 1. The third-order valence-corrected chi connectivity index (χ3v) is 4.74. The zero-order valence-electron chi connectivity index (χ0n) is 13.9. The van der Waals surface area contributed by atoms with Crippen LogP contribution < -0.4 is 11.1 Å². The van der Waals surface area contributed by atoms with E-state index < -0.39 is 0 Å². The fraction of sp³-hybridized carbons (Fsp3) is 0.474. The van der Waals surface area contributed by atoms with Crippen molar-refractivity contribution in [3.05, 3.63) is 42.4 Å². The van der Waals surface area contributed by atoms with Gasteiger partial charge in [-0.25, -0.2) is 4.98 Å². The van der Waals surface area contributed by atoms with E-state index in [1.807, 2.05) is 30.3 Å². The van der Waals surface area contributed by atoms with Crippen LogP contribution in [0.3, 0.4) is 0 Å². The molecule has 2 unspecified atom stereocenters. The predicted octanol–water partition coefficient (Wildman–Crippen LogP) is 2.91. The first kappa shape index (κ1) is 16.7. The van der Waals surface area contributed by atoms with E-state index in [9.17, 15) is 4.79 Å². The minimum atomic E-state index is 0.0554. The smallest absolute Gasteiger partial charge is 0.220 e. The second-order valence-corrected chi connectivity index (χ2v) is 6.44. The molecule has 5 nitrogen and oxygen atoms in total. The quantitative estimate of drug-likeness (QED) is 0.855. The van der Waals surface area contributed by atoms with E-state index in [4.69, 9.17) is 10.2 Å². The van der Waals surface area contributed by atoms with Crippen LogP contribution in [0.2, 0.25) is 0 Å². The van der Waals surface area contributed by atoms with E-state index in [1.165, 1.54) is 12.8 Å². The van der Waals surface area contributed by atoms with E-state index >= 15 is 0 Å². The molecule has 2 atom stereocenters. The van der Waals surface area contributed by atoms with Gasteiger partial charge in [-0.2, -0.15) is 0 Å². The van der Waals surface area contributed by atoms with Crippen molar-refractivity contribution in [2.24, 2.45) is 11.7 Å². The van der Waals surface area contributed by atoms with Gasteiger partial charge in [-0.3, -0.25) is 4.79 Å². The first-order chi connectivity index (χ1) is 11.8. The Labute approximate surface area is 142 Å².